The molecule has 2 aromatic rings. The van der Waals surface area contributed by atoms with E-state index >= 15 is 0 Å². The molecular weight excluding hydrogens is 385 g/mol. The summed E-state index contributed by atoms with van der Waals surface area (Å²) in [6, 6.07) is 15.6. The normalized spacial score (nSPS) is 26.8. The van der Waals surface area contributed by atoms with Gasteiger partial charge < -0.3 is 4.74 Å². The van der Waals surface area contributed by atoms with Crippen LogP contribution in [0.2, 0.25) is 0 Å². The molecule has 4 rings (SSSR count). The third-order valence-corrected chi connectivity index (χ3v) is 7.27. The fourth-order valence-corrected chi connectivity index (χ4v) is 5.52. The van der Waals surface area contributed by atoms with Crippen LogP contribution in [0.5, 0.6) is 5.75 Å². The molecule has 4 unspecified atom stereocenters. The summed E-state index contributed by atoms with van der Waals surface area (Å²) in [5, 5.41) is 0. The predicted octanol–water partition coefficient (Wildman–Crippen LogP) is 8.00. The van der Waals surface area contributed by atoms with Crippen molar-refractivity contribution in [3.05, 3.63) is 54.1 Å². The van der Waals surface area contributed by atoms with E-state index in [9.17, 15) is 13.2 Å². The Morgan fingerprint density at radius 2 is 1.40 bits per heavy atom. The van der Waals surface area contributed by atoms with Gasteiger partial charge in [-0.3, -0.25) is 0 Å². The summed E-state index contributed by atoms with van der Waals surface area (Å²) in [5.41, 5.74) is 3.50. The fraction of sp³-hybridized carbons (Fsp3) is 0.538. The summed E-state index contributed by atoms with van der Waals surface area (Å²) >= 11 is 0. The van der Waals surface area contributed by atoms with E-state index in [-0.39, 0.29) is 5.75 Å². The zero-order valence-corrected chi connectivity index (χ0v) is 17.6. The van der Waals surface area contributed by atoms with Crippen molar-refractivity contribution in [1.82, 2.24) is 0 Å². The van der Waals surface area contributed by atoms with Gasteiger partial charge in [-0.15, -0.1) is 0 Å². The lowest BCUT2D eigenvalue weighted by molar-refractivity contribution is -0.153. The molecule has 2 saturated carbocycles. The highest BCUT2D eigenvalue weighted by Crippen LogP contribution is 2.48. The minimum Gasteiger partial charge on any atom is -0.484 e. The SMILES string of the molecule is CCC1CCC2CC(c3ccc(-c4ccc(OCC(F)(F)F)cc4)cc3)CCC2C1. The molecule has 0 aliphatic heterocycles. The molecule has 1 nitrogen and oxygen atoms in total. The molecule has 0 saturated heterocycles. The number of hydrogen-bond donors (Lipinski definition) is 0. The van der Waals surface area contributed by atoms with Crippen LogP contribution in [0.1, 0.15) is 63.4 Å². The van der Waals surface area contributed by atoms with E-state index in [4.69, 9.17) is 4.74 Å². The molecule has 2 aromatic carbocycles. The Balaban J connectivity index is 1.36. The first kappa shape index (κ1) is 21.3. The van der Waals surface area contributed by atoms with Crippen molar-refractivity contribution in [2.75, 3.05) is 6.61 Å². The Morgan fingerprint density at radius 3 is 2.03 bits per heavy atom. The lowest BCUT2D eigenvalue weighted by atomic mass is 9.63. The molecule has 0 bridgehead atoms. The van der Waals surface area contributed by atoms with Crippen LogP contribution in [-0.4, -0.2) is 12.8 Å². The molecule has 4 atom stereocenters. The molecule has 0 radical (unpaired) electrons. The van der Waals surface area contributed by atoms with Crippen LogP contribution in [0, 0.1) is 17.8 Å². The van der Waals surface area contributed by atoms with Gasteiger partial charge in [0.25, 0.3) is 0 Å². The van der Waals surface area contributed by atoms with Crippen LogP contribution in [-0.2, 0) is 0 Å². The summed E-state index contributed by atoms with van der Waals surface area (Å²) in [7, 11) is 0. The van der Waals surface area contributed by atoms with E-state index in [2.05, 4.69) is 31.2 Å². The molecule has 0 N–H and O–H groups in total. The Labute approximate surface area is 177 Å². The molecule has 2 aliphatic rings. The molecule has 0 aromatic heterocycles. The van der Waals surface area contributed by atoms with Crippen molar-refractivity contribution in [2.45, 2.75) is 64.0 Å². The average molecular weight is 417 g/mol. The van der Waals surface area contributed by atoms with Crippen molar-refractivity contribution in [2.24, 2.45) is 17.8 Å². The molecule has 0 heterocycles. The van der Waals surface area contributed by atoms with Crippen LogP contribution in [0.15, 0.2) is 48.5 Å². The lowest BCUT2D eigenvalue weighted by Crippen LogP contribution is -2.30. The molecule has 2 aliphatic carbocycles. The topological polar surface area (TPSA) is 9.23 Å². The van der Waals surface area contributed by atoms with Crippen molar-refractivity contribution in [1.29, 1.82) is 0 Å². The minimum absolute atomic E-state index is 0.238. The van der Waals surface area contributed by atoms with E-state index < -0.39 is 12.8 Å². The number of fused-ring (bicyclic) bond motifs is 1. The van der Waals surface area contributed by atoms with Gasteiger partial charge in [-0.1, -0.05) is 56.2 Å². The van der Waals surface area contributed by atoms with Crippen molar-refractivity contribution >= 4 is 0 Å². The summed E-state index contributed by atoms with van der Waals surface area (Å²) in [5.74, 6) is 3.69. The zero-order chi connectivity index (χ0) is 21.1. The molecular formula is C26H31F3O. The van der Waals surface area contributed by atoms with E-state index in [1.807, 2.05) is 12.1 Å². The van der Waals surface area contributed by atoms with Gasteiger partial charge >= 0.3 is 6.18 Å². The van der Waals surface area contributed by atoms with Gasteiger partial charge in [-0.25, -0.2) is 0 Å². The van der Waals surface area contributed by atoms with Gasteiger partial charge in [-0.2, -0.15) is 13.2 Å². The number of halogens is 3. The maximum absolute atomic E-state index is 12.3. The van der Waals surface area contributed by atoms with Crippen molar-refractivity contribution in [3.8, 4) is 16.9 Å². The quantitative estimate of drug-likeness (QED) is 0.480. The highest BCUT2D eigenvalue weighted by atomic mass is 19.4. The van der Waals surface area contributed by atoms with Gasteiger partial charge in [-0.05, 0) is 84.6 Å². The zero-order valence-electron chi connectivity index (χ0n) is 17.6. The van der Waals surface area contributed by atoms with Crippen LogP contribution >= 0.6 is 0 Å². The van der Waals surface area contributed by atoms with Crippen LogP contribution in [0.3, 0.4) is 0 Å². The summed E-state index contributed by atoms with van der Waals surface area (Å²) < 4.78 is 41.6. The molecule has 2 fully saturated rings. The second-order valence-corrected chi connectivity index (χ2v) is 9.17. The number of rotatable bonds is 5. The second kappa shape index (κ2) is 9.03. The van der Waals surface area contributed by atoms with Crippen molar-refractivity contribution < 1.29 is 17.9 Å². The number of benzene rings is 2. The molecule has 4 heteroatoms. The maximum Gasteiger partial charge on any atom is 0.422 e. The molecule has 30 heavy (non-hydrogen) atoms. The number of alkyl halides is 3. The predicted molar refractivity (Wildman–Crippen MR) is 115 cm³/mol. The largest absolute Gasteiger partial charge is 0.484 e. The Kier molecular flexibility index (Phi) is 6.40. The number of ether oxygens (including phenoxy) is 1. The molecule has 0 amide bonds. The highest BCUT2D eigenvalue weighted by molar-refractivity contribution is 5.64. The average Bonchev–Trinajstić information content (AvgIpc) is 2.77. The van der Waals surface area contributed by atoms with E-state index in [0.29, 0.717) is 5.92 Å². The first-order valence-electron chi connectivity index (χ1n) is 11.3. The standard InChI is InChI=1S/C26H31F3O/c1-2-18-3-4-24-16-23(10-9-22(24)15-18)21-7-5-19(6-8-21)20-11-13-25(14-12-20)30-17-26(27,28)29/h5-8,11-14,18,22-24H,2-4,9-10,15-17H2,1H3. The van der Waals surface area contributed by atoms with E-state index in [1.165, 1.54) is 50.5 Å². The smallest absolute Gasteiger partial charge is 0.422 e. The second-order valence-electron chi connectivity index (χ2n) is 9.17. The van der Waals surface area contributed by atoms with Gasteiger partial charge in [0.05, 0.1) is 0 Å². The Hall–Kier alpha value is -1.97. The first-order valence-corrected chi connectivity index (χ1v) is 11.3. The fourth-order valence-electron chi connectivity index (χ4n) is 5.52. The third-order valence-electron chi connectivity index (χ3n) is 7.27. The highest BCUT2D eigenvalue weighted by Gasteiger charge is 2.35. The maximum atomic E-state index is 12.3. The van der Waals surface area contributed by atoms with Gasteiger partial charge in [0.1, 0.15) is 5.75 Å². The molecule has 162 valence electrons. The van der Waals surface area contributed by atoms with Gasteiger partial charge in [0.15, 0.2) is 6.61 Å². The van der Waals surface area contributed by atoms with E-state index in [1.54, 1.807) is 12.1 Å². The van der Waals surface area contributed by atoms with Crippen LogP contribution < -0.4 is 4.74 Å². The summed E-state index contributed by atoms with van der Waals surface area (Å²) in [6.45, 7) is 1.07. The first-order chi connectivity index (χ1) is 14.4. The summed E-state index contributed by atoms with van der Waals surface area (Å²) in [6.07, 6.45) is 5.26. The minimum atomic E-state index is -4.32. The monoisotopic (exact) mass is 416 g/mol. The van der Waals surface area contributed by atoms with Gasteiger partial charge in [0.2, 0.25) is 0 Å². The summed E-state index contributed by atoms with van der Waals surface area (Å²) in [4.78, 5) is 0. The van der Waals surface area contributed by atoms with Crippen LogP contribution in [0.25, 0.3) is 11.1 Å². The Morgan fingerprint density at radius 1 is 0.800 bits per heavy atom. The lowest BCUT2D eigenvalue weighted by Gasteiger charge is -2.42. The molecule has 0 spiro atoms. The third kappa shape index (κ3) is 5.19. The van der Waals surface area contributed by atoms with Gasteiger partial charge in [0, 0.05) is 0 Å². The van der Waals surface area contributed by atoms with E-state index in [0.717, 1.165) is 28.9 Å². The Bertz CT molecular complexity index is 810. The van der Waals surface area contributed by atoms with Crippen molar-refractivity contribution in [3.63, 3.8) is 0 Å². The number of hydrogen-bond acceptors (Lipinski definition) is 1. The van der Waals surface area contributed by atoms with Crippen LogP contribution in [0.4, 0.5) is 13.2 Å².